The molecule has 1 heterocycles. The average Bonchev–Trinajstić information content (AvgIpc) is 2.32. The van der Waals surface area contributed by atoms with Crippen molar-refractivity contribution in [2.24, 2.45) is 0 Å². The maximum absolute atomic E-state index is 4.49. The lowest BCUT2D eigenvalue weighted by Crippen LogP contribution is -2.33. The second kappa shape index (κ2) is 6.03. The van der Waals surface area contributed by atoms with Gasteiger partial charge < -0.3 is 10.2 Å². The van der Waals surface area contributed by atoms with Crippen molar-refractivity contribution in [1.29, 1.82) is 0 Å². The molecule has 4 nitrogen and oxygen atoms in total. The highest BCUT2D eigenvalue weighted by Crippen LogP contribution is 2.26. The van der Waals surface area contributed by atoms with Gasteiger partial charge in [-0.3, -0.25) is 0 Å². The topological polar surface area (TPSA) is 41.1 Å². The third-order valence-corrected chi connectivity index (χ3v) is 3.24. The third-order valence-electron chi connectivity index (χ3n) is 2.68. The smallest absolute Gasteiger partial charge is 0.224 e. The van der Waals surface area contributed by atoms with Crippen molar-refractivity contribution in [3.05, 3.63) is 10.7 Å². The first-order valence-electron chi connectivity index (χ1n) is 5.60. The summed E-state index contributed by atoms with van der Waals surface area (Å²) in [7, 11) is 1.83. The Bertz CT molecular complexity index is 343. The van der Waals surface area contributed by atoms with Crippen LogP contribution in [0.5, 0.6) is 0 Å². The molecule has 0 fully saturated rings. The minimum atomic E-state index is 0.473. The summed E-state index contributed by atoms with van der Waals surface area (Å²) in [4.78, 5) is 10.9. The normalized spacial score (nSPS) is 12.3. The van der Waals surface area contributed by atoms with Crippen molar-refractivity contribution >= 4 is 27.7 Å². The van der Waals surface area contributed by atoms with E-state index in [0.717, 1.165) is 23.3 Å². The van der Waals surface area contributed by atoms with E-state index >= 15 is 0 Å². The number of hydrogen-bond donors (Lipinski definition) is 1. The van der Waals surface area contributed by atoms with Crippen LogP contribution in [-0.4, -0.2) is 29.6 Å². The summed E-state index contributed by atoms with van der Waals surface area (Å²) < 4.78 is 0.939. The molecule has 1 rings (SSSR count). The molecule has 1 aromatic heterocycles. The molecule has 0 radical (unpaired) electrons. The number of anilines is 2. The molecule has 1 aromatic rings. The minimum absolute atomic E-state index is 0.473. The van der Waals surface area contributed by atoms with Gasteiger partial charge in [-0.05, 0) is 36.2 Å². The van der Waals surface area contributed by atoms with Gasteiger partial charge in [0.05, 0.1) is 4.47 Å². The monoisotopic (exact) mass is 286 g/mol. The van der Waals surface area contributed by atoms with Crippen LogP contribution in [0.25, 0.3) is 0 Å². The van der Waals surface area contributed by atoms with E-state index in [2.05, 4.69) is 56.9 Å². The van der Waals surface area contributed by atoms with Crippen LogP contribution in [-0.2, 0) is 0 Å². The molecule has 0 amide bonds. The van der Waals surface area contributed by atoms with E-state index in [1.54, 1.807) is 6.20 Å². The summed E-state index contributed by atoms with van der Waals surface area (Å²) in [5.74, 6) is 1.61. The first-order chi connectivity index (χ1) is 7.63. The Morgan fingerprint density at radius 3 is 2.69 bits per heavy atom. The molecule has 1 atom stereocenters. The molecule has 5 heteroatoms. The van der Waals surface area contributed by atoms with Gasteiger partial charge in [-0.25, -0.2) is 4.98 Å². The molecule has 1 unspecified atom stereocenters. The summed E-state index contributed by atoms with van der Waals surface area (Å²) in [6.07, 6.45) is 2.89. The zero-order valence-electron chi connectivity index (χ0n) is 10.3. The lowest BCUT2D eigenvalue weighted by Gasteiger charge is -2.29. The average molecular weight is 287 g/mol. The van der Waals surface area contributed by atoms with Crippen molar-refractivity contribution < 1.29 is 0 Å². The van der Waals surface area contributed by atoms with Gasteiger partial charge in [0.25, 0.3) is 0 Å². The van der Waals surface area contributed by atoms with Crippen molar-refractivity contribution in [2.75, 3.05) is 23.8 Å². The fourth-order valence-electron chi connectivity index (χ4n) is 1.57. The van der Waals surface area contributed by atoms with Crippen LogP contribution in [0.3, 0.4) is 0 Å². The van der Waals surface area contributed by atoms with E-state index in [1.807, 2.05) is 7.05 Å². The molecular weight excluding hydrogens is 268 g/mol. The number of halogens is 1. The van der Waals surface area contributed by atoms with Gasteiger partial charge in [-0.2, -0.15) is 4.98 Å². The van der Waals surface area contributed by atoms with Gasteiger partial charge in [0.1, 0.15) is 5.82 Å². The molecule has 90 valence electrons. The van der Waals surface area contributed by atoms with Gasteiger partial charge in [-0.1, -0.05) is 6.92 Å². The maximum Gasteiger partial charge on any atom is 0.224 e. The molecule has 16 heavy (non-hydrogen) atoms. The lowest BCUT2D eigenvalue weighted by molar-refractivity contribution is 0.621. The van der Waals surface area contributed by atoms with Gasteiger partial charge in [0.2, 0.25) is 5.95 Å². The fourth-order valence-corrected chi connectivity index (χ4v) is 1.99. The number of aromatic nitrogens is 2. The number of rotatable bonds is 5. The SMILES string of the molecule is CCC(C)N(CC)c1nc(NC)ncc1Br. The second-order valence-electron chi connectivity index (χ2n) is 3.66. The zero-order chi connectivity index (χ0) is 12.1. The summed E-state index contributed by atoms with van der Waals surface area (Å²) in [5, 5.41) is 2.96. The molecule has 0 saturated heterocycles. The lowest BCUT2D eigenvalue weighted by atomic mass is 10.2. The van der Waals surface area contributed by atoms with E-state index in [-0.39, 0.29) is 0 Å². The molecular formula is C11H19BrN4. The van der Waals surface area contributed by atoms with Crippen LogP contribution in [0.4, 0.5) is 11.8 Å². The van der Waals surface area contributed by atoms with Crippen molar-refractivity contribution in [3.63, 3.8) is 0 Å². The second-order valence-corrected chi connectivity index (χ2v) is 4.51. The zero-order valence-corrected chi connectivity index (χ0v) is 11.9. The minimum Gasteiger partial charge on any atom is -0.357 e. The summed E-state index contributed by atoms with van der Waals surface area (Å²) in [5.41, 5.74) is 0. The first kappa shape index (κ1) is 13.2. The standard InChI is InChI=1S/C11H19BrN4/c1-5-8(3)16(6-2)10-9(12)7-14-11(13-4)15-10/h7-8H,5-6H2,1-4H3,(H,13,14,15). The highest BCUT2D eigenvalue weighted by atomic mass is 79.9. The molecule has 0 aliphatic rings. The molecule has 0 aromatic carbocycles. The Kier molecular flexibility index (Phi) is 4.99. The Balaban J connectivity index is 3.07. The van der Waals surface area contributed by atoms with Crippen LogP contribution in [0.2, 0.25) is 0 Å². The van der Waals surface area contributed by atoms with Crippen LogP contribution in [0, 0.1) is 0 Å². The Morgan fingerprint density at radius 2 is 2.19 bits per heavy atom. The molecule has 0 aliphatic carbocycles. The van der Waals surface area contributed by atoms with Crippen molar-refractivity contribution in [2.45, 2.75) is 33.2 Å². The van der Waals surface area contributed by atoms with Crippen LogP contribution in [0.15, 0.2) is 10.7 Å². The number of nitrogens with one attached hydrogen (secondary N) is 1. The van der Waals surface area contributed by atoms with E-state index in [1.165, 1.54) is 0 Å². The van der Waals surface area contributed by atoms with Gasteiger partial charge in [-0.15, -0.1) is 0 Å². The van der Waals surface area contributed by atoms with E-state index in [9.17, 15) is 0 Å². The van der Waals surface area contributed by atoms with Crippen LogP contribution in [0.1, 0.15) is 27.2 Å². The Labute approximate surface area is 106 Å². The van der Waals surface area contributed by atoms with Gasteiger partial charge in [0, 0.05) is 25.8 Å². The largest absolute Gasteiger partial charge is 0.357 e. The summed E-state index contributed by atoms with van der Waals surface area (Å²) in [6, 6.07) is 0.473. The fraction of sp³-hybridized carbons (Fsp3) is 0.636. The molecule has 0 saturated carbocycles. The summed E-state index contributed by atoms with van der Waals surface area (Å²) in [6.45, 7) is 7.46. The maximum atomic E-state index is 4.49. The first-order valence-corrected chi connectivity index (χ1v) is 6.40. The van der Waals surface area contributed by atoms with E-state index in [4.69, 9.17) is 0 Å². The molecule has 0 bridgehead atoms. The molecule has 1 N–H and O–H groups in total. The quantitative estimate of drug-likeness (QED) is 0.904. The van der Waals surface area contributed by atoms with Crippen LogP contribution >= 0.6 is 15.9 Å². The van der Waals surface area contributed by atoms with Crippen molar-refractivity contribution in [1.82, 2.24) is 9.97 Å². The Hall–Kier alpha value is -0.840. The highest BCUT2D eigenvalue weighted by molar-refractivity contribution is 9.10. The van der Waals surface area contributed by atoms with E-state index in [0.29, 0.717) is 12.0 Å². The predicted molar refractivity (Wildman–Crippen MR) is 72.1 cm³/mol. The number of hydrogen-bond acceptors (Lipinski definition) is 4. The molecule has 0 spiro atoms. The summed E-state index contributed by atoms with van der Waals surface area (Å²) >= 11 is 3.50. The van der Waals surface area contributed by atoms with Crippen molar-refractivity contribution in [3.8, 4) is 0 Å². The van der Waals surface area contributed by atoms with Gasteiger partial charge >= 0.3 is 0 Å². The highest BCUT2D eigenvalue weighted by Gasteiger charge is 2.16. The third kappa shape index (κ3) is 2.84. The van der Waals surface area contributed by atoms with Gasteiger partial charge in [0.15, 0.2) is 0 Å². The van der Waals surface area contributed by atoms with Crippen LogP contribution < -0.4 is 10.2 Å². The Morgan fingerprint density at radius 1 is 1.50 bits per heavy atom. The van der Waals surface area contributed by atoms with E-state index < -0.39 is 0 Å². The molecule has 0 aliphatic heterocycles. The number of nitrogens with zero attached hydrogens (tertiary/aromatic N) is 3. The predicted octanol–water partition coefficient (Wildman–Crippen LogP) is 2.91.